The lowest BCUT2D eigenvalue weighted by Gasteiger charge is -2.30. The molecule has 0 radical (unpaired) electrons. The summed E-state index contributed by atoms with van der Waals surface area (Å²) in [5.41, 5.74) is 2.53. The van der Waals surface area contributed by atoms with E-state index in [4.69, 9.17) is 4.74 Å². The van der Waals surface area contributed by atoms with E-state index in [9.17, 15) is 19.6 Å². The van der Waals surface area contributed by atoms with Gasteiger partial charge >= 0.3 is 6.03 Å². The topological polar surface area (TPSA) is 119 Å². The number of rotatable bonds is 11. The molecule has 1 aliphatic rings. The van der Waals surface area contributed by atoms with Crippen LogP contribution in [0.5, 0.6) is 0 Å². The Kier molecular flexibility index (Phi) is 11.9. The molecule has 0 unspecified atom stereocenters. The predicted octanol–water partition coefficient (Wildman–Crippen LogP) is 3.95. The molecule has 0 saturated heterocycles. The fraction of sp³-hybridized carbons (Fsp3) is 0.483. The van der Waals surface area contributed by atoms with Crippen LogP contribution in [0.25, 0.3) is 0 Å². The Morgan fingerprint density at radius 2 is 2.03 bits per heavy atom. The zero-order valence-electron chi connectivity index (χ0n) is 24.1. The van der Waals surface area contributed by atoms with Crippen LogP contribution in [0.1, 0.15) is 62.2 Å². The number of nitriles is 1. The second kappa shape index (κ2) is 14.8. The minimum absolute atomic E-state index is 0.0718. The molecule has 3 amide bonds. The van der Waals surface area contributed by atoms with Gasteiger partial charge in [-0.2, -0.15) is 5.26 Å². The maximum atomic E-state index is 13.3. The van der Waals surface area contributed by atoms with E-state index in [1.54, 1.807) is 35.9 Å². The molecule has 10 heteroatoms. The molecule has 10 nitrogen and oxygen atoms in total. The van der Waals surface area contributed by atoms with Gasteiger partial charge in [-0.3, -0.25) is 14.5 Å². The Hall–Kier alpha value is -3.97. The summed E-state index contributed by atoms with van der Waals surface area (Å²) < 4.78 is 5.85. The van der Waals surface area contributed by atoms with Crippen molar-refractivity contribution in [1.29, 1.82) is 5.26 Å². The number of aromatic nitrogens is 1. The van der Waals surface area contributed by atoms with Crippen LogP contribution in [0.15, 0.2) is 41.3 Å². The highest BCUT2D eigenvalue weighted by atomic mass is 16.5. The Morgan fingerprint density at radius 3 is 2.62 bits per heavy atom. The Balaban J connectivity index is 2.33. The number of aryl methyl sites for hydroxylation is 1. The third-order valence-corrected chi connectivity index (χ3v) is 5.84. The van der Waals surface area contributed by atoms with E-state index in [1.807, 2.05) is 47.0 Å². The number of hydrogen-bond acceptors (Lipinski definition) is 7. The molecular weight excluding hydrogens is 496 g/mol. The number of allylic oxidation sites excluding steroid dienone is 5. The van der Waals surface area contributed by atoms with E-state index >= 15 is 0 Å². The van der Waals surface area contributed by atoms with Crippen LogP contribution in [0.4, 0.5) is 10.6 Å². The first-order valence-electron chi connectivity index (χ1n) is 13.1. The maximum absolute atomic E-state index is 13.3. The lowest BCUT2D eigenvalue weighted by Crippen LogP contribution is -2.43. The number of likely N-dealkylation sites (N-methyl/N-ethyl adjacent to an activating group) is 2. The summed E-state index contributed by atoms with van der Waals surface area (Å²) in [6, 6.07) is 3.62. The van der Waals surface area contributed by atoms with Crippen molar-refractivity contribution in [1.82, 2.24) is 20.1 Å². The second-order valence-corrected chi connectivity index (χ2v) is 10.0. The number of anilines is 1. The van der Waals surface area contributed by atoms with Crippen molar-refractivity contribution < 1.29 is 19.1 Å². The average Bonchev–Trinajstić information content (AvgIpc) is 2.87. The molecule has 1 aliphatic heterocycles. The second-order valence-electron chi connectivity index (χ2n) is 10.0. The molecule has 1 N–H and O–H groups in total. The van der Waals surface area contributed by atoms with Crippen LogP contribution in [-0.2, 0) is 22.5 Å². The summed E-state index contributed by atoms with van der Waals surface area (Å²) in [5, 5.41) is 12.5. The molecule has 39 heavy (non-hydrogen) atoms. The lowest BCUT2D eigenvalue weighted by molar-refractivity contribution is -0.131. The van der Waals surface area contributed by atoms with Gasteiger partial charge in [0.25, 0.3) is 0 Å². The number of carbonyl (C=O) groups is 3. The highest BCUT2D eigenvalue weighted by Gasteiger charge is 2.26. The third kappa shape index (κ3) is 9.07. The molecule has 0 fully saturated rings. The van der Waals surface area contributed by atoms with Gasteiger partial charge in [0.05, 0.1) is 18.2 Å². The number of aldehydes is 1. The van der Waals surface area contributed by atoms with Gasteiger partial charge in [0.2, 0.25) is 5.91 Å². The SMILES string of the molecule is CC/C=C/C(C#N)=C(\C=C(/C)NC(=O)N1CCCc2cc(CN(C)C(=O)CN(C)C)c(C=O)nc21)OC(C)C. The minimum Gasteiger partial charge on any atom is -0.490 e. The van der Waals surface area contributed by atoms with Crippen molar-refractivity contribution in [3.63, 3.8) is 0 Å². The average molecular weight is 537 g/mol. The monoisotopic (exact) mass is 536 g/mol. The fourth-order valence-corrected chi connectivity index (χ4v) is 4.03. The van der Waals surface area contributed by atoms with Gasteiger partial charge in [-0.05, 0) is 71.8 Å². The summed E-state index contributed by atoms with van der Waals surface area (Å²) in [4.78, 5) is 47.0. The molecule has 0 atom stereocenters. The molecule has 1 aromatic heterocycles. The van der Waals surface area contributed by atoms with E-state index < -0.39 is 6.03 Å². The smallest absolute Gasteiger partial charge is 0.327 e. The number of pyridine rings is 1. The van der Waals surface area contributed by atoms with Gasteiger partial charge in [-0.15, -0.1) is 0 Å². The van der Waals surface area contributed by atoms with Crippen molar-refractivity contribution >= 4 is 24.0 Å². The van der Waals surface area contributed by atoms with Gasteiger partial charge in [0.15, 0.2) is 6.29 Å². The molecule has 0 bridgehead atoms. The van der Waals surface area contributed by atoms with Crippen LogP contribution in [-0.4, -0.2) is 73.3 Å². The molecule has 0 aromatic carbocycles. The molecule has 0 aliphatic carbocycles. The zero-order valence-corrected chi connectivity index (χ0v) is 24.1. The first-order valence-corrected chi connectivity index (χ1v) is 13.1. The summed E-state index contributed by atoms with van der Waals surface area (Å²) >= 11 is 0. The Labute approximate surface area is 231 Å². The molecular formula is C29H40N6O4. The van der Waals surface area contributed by atoms with Gasteiger partial charge in [-0.1, -0.05) is 13.0 Å². The van der Waals surface area contributed by atoms with E-state index in [-0.39, 0.29) is 30.8 Å². The van der Waals surface area contributed by atoms with Gasteiger partial charge in [-0.25, -0.2) is 9.78 Å². The highest BCUT2D eigenvalue weighted by molar-refractivity contribution is 5.94. The summed E-state index contributed by atoms with van der Waals surface area (Å²) in [7, 11) is 5.33. The molecule has 2 heterocycles. The lowest BCUT2D eigenvalue weighted by atomic mass is 10.0. The normalized spacial score (nSPS) is 14.2. The number of amides is 3. The van der Waals surface area contributed by atoms with Crippen molar-refractivity contribution in [3.05, 3.63) is 58.1 Å². The van der Waals surface area contributed by atoms with Crippen molar-refractivity contribution in [2.75, 3.05) is 39.1 Å². The Bertz CT molecular complexity index is 1190. The largest absolute Gasteiger partial charge is 0.490 e. The predicted molar refractivity (Wildman–Crippen MR) is 151 cm³/mol. The van der Waals surface area contributed by atoms with Gasteiger partial charge < -0.3 is 19.9 Å². The minimum atomic E-state index is -0.397. The van der Waals surface area contributed by atoms with Gasteiger partial charge in [0, 0.05) is 37.5 Å². The fourth-order valence-electron chi connectivity index (χ4n) is 4.03. The maximum Gasteiger partial charge on any atom is 0.327 e. The van der Waals surface area contributed by atoms with E-state index in [0.29, 0.717) is 47.7 Å². The summed E-state index contributed by atoms with van der Waals surface area (Å²) in [6.45, 7) is 8.37. The summed E-state index contributed by atoms with van der Waals surface area (Å²) in [5.74, 6) is 0.725. The van der Waals surface area contributed by atoms with Gasteiger partial charge in [0.1, 0.15) is 23.3 Å². The van der Waals surface area contributed by atoms with Crippen LogP contribution in [0.2, 0.25) is 0 Å². The number of nitrogens with one attached hydrogen (secondary N) is 1. The van der Waals surface area contributed by atoms with Crippen LogP contribution in [0.3, 0.4) is 0 Å². The molecule has 210 valence electrons. The Morgan fingerprint density at radius 1 is 1.31 bits per heavy atom. The summed E-state index contributed by atoms with van der Waals surface area (Å²) in [6.07, 6.45) is 7.90. The highest BCUT2D eigenvalue weighted by Crippen LogP contribution is 2.28. The molecule has 0 spiro atoms. The number of fused-ring (bicyclic) bond motifs is 1. The first kappa shape index (κ1) is 31.2. The number of nitrogens with zero attached hydrogens (tertiary/aromatic N) is 5. The number of carbonyl (C=O) groups excluding carboxylic acids is 3. The third-order valence-electron chi connectivity index (χ3n) is 5.84. The van der Waals surface area contributed by atoms with Crippen LogP contribution < -0.4 is 10.2 Å². The van der Waals surface area contributed by atoms with Crippen LogP contribution in [0, 0.1) is 11.3 Å². The molecule has 2 rings (SSSR count). The van der Waals surface area contributed by atoms with E-state index in [0.717, 1.165) is 18.4 Å². The number of urea groups is 1. The molecule has 1 aromatic rings. The molecule has 0 saturated carbocycles. The van der Waals surface area contributed by atoms with E-state index in [2.05, 4.69) is 16.4 Å². The van der Waals surface area contributed by atoms with Crippen molar-refractivity contribution in [2.45, 2.75) is 59.6 Å². The standard InChI is InChI=1S/C29H40N6O4/c1-8-9-11-23(16-30)26(39-20(2)3)14-21(4)31-29(38)35-13-10-12-22-15-24(25(19-36)32-28(22)35)17-34(7)27(37)18-33(5)6/h9,11,14-15,19-20H,8,10,12-13,17-18H2,1-7H3,(H,31,38)/b11-9+,21-14+,26-23-. The van der Waals surface area contributed by atoms with Crippen LogP contribution >= 0.6 is 0 Å². The zero-order chi connectivity index (χ0) is 29.1. The van der Waals surface area contributed by atoms with E-state index in [1.165, 1.54) is 4.90 Å². The van der Waals surface area contributed by atoms with Crippen molar-refractivity contribution in [2.24, 2.45) is 0 Å². The number of hydrogen-bond donors (Lipinski definition) is 1. The first-order chi connectivity index (χ1) is 18.5. The van der Waals surface area contributed by atoms with Crippen molar-refractivity contribution in [3.8, 4) is 6.07 Å². The number of ether oxygens (including phenoxy) is 1. The quantitative estimate of drug-likeness (QED) is 0.197.